The van der Waals surface area contributed by atoms with E-state index in [1.165, 1.54) is 11.1 Å². The predicted molar refractivity (Wildman–Crippen MR) is 141 cm³/mol. The van der Waals surface area contributed by atoms with Gasteiger partial charge in [0.25, 0.3) is 0 Å². The molecule has 1 aliphatic rings. The zero-order valence-corrected chi connectivity index (χ0v) is 21.9. The van der Waals surface area contributed by atoms with Crippen molar-refractivity contribution in [2.24, 2.45) is 5.92 Å². The normalized spacial score (nSPS) is 16.6. The minimum Gasteiger partial charge on any atom is -0.497 e. The van der Waals surface area contributed by atoms with Crippen LogP contribution in [0, 0.1) is 5.92 Å². The molecule has 0 saturated carbocycles. The molecule has 1 amide bonds. The van der Waals surface area contributed by atoms with Gasteiger partial charge in [0.15, 0.2) is 0 Å². The zero-order chi connectivity index (χ0) is 25.5. The topological polar surface area (TPSA) is 80.5 Å². The lowest BCUT2D eigenvalue weighted by Gasteiger charge is -2.30. The molecule has 0 spiro atoms. The Hall–Kier alpha value is -3.19. The van der Waals surface area contributed by atoms with E-state index in [-0.39, 0.29) is 17.2 Å². The van der Waals surface area contributed by atoms with E-state index in [2.05, 4.69) is 65.4 Å². The Morgan fingerprint density at radius 3 is 2.58 bits per heavy atom. The van der Waals surface area contributed by atoms with Crippen LogP contribution in [0.25, 0.3) is 11.4 Å². The van der Waals surface area contributed by atoms with Crippen molar-refractivity contribution in [2.45, 2.75) is 58.4 Å². The van der Waals surface area contributed by atoms with Gasteiger partial charge in [-0.15, -0.1) is 0 Å². The number of hydrogen-bond donors (Lipinski definition) is 1. The number of nitrogens with one attached hydrogen (secondary N) is 1. The van der Waals surface area contributed by atoms with Gasteiger partial charge < -0.3 is 14.6 Å². The third kappa shape index (κ3) is 6.94. The number of ether oxygens (including phenoxy) is 1. The quantitative estimate of drug-likeness (QED) is 0.425. The second-order valence-electron chi connectivity index (χ2n) is 10.7. The van der Waals surface area contributed by atoms with E-state index in [4.69, 9.17) is 9.26 Å². The van der Waals surface area contributed by atoms with Gasteiger partial charge >= 0.3 is 0 Å². The molecule has 192 valence electrons. The average Bonchev–Trinajstić information content (AvgIpc) is 3.35. The van der Waals surface area contributed by atoms with Crippen molar-refractivity contribution >= 4 is 5.91 Å². The van der Waals surface area contributed by atoms with Crippen LogP contribution < -0.4 is 10.1 Å². The first kappa shape index (κ1) is 25.9. The highest BCUT2D eigenvalue weighted by Gasteiger charge is 2.26. The van der Waals surface area contributed by atoms with Gasteiger partial charge in [-0.3, -0.25) is 9.69 Å². The third-order valence-corrected chi connectivity index (χ3v) is 6.81. The molecular formula is C29H38N4O3. The first-order chi connectivity index (χ1) is 17.3. The standard InChI is InChI=1S/C29H38N4O3/c1-29(2,3)24-13-11-22(12-14-24)27-31-26(36-32-27)20-33-18-6-8-23(19-33)28(34)30-17-5-7-21-9-15-25(35-4)16-10-21/h9-16,23H,5-8,17-20H2,1-4H3,(H,30,34). The number of amides is 1. The minimum atomic E-state index is -0.00734. The van der Waals surface area contributed by atoms with Crippen molar-refractivity contribution in [3.63, 3.8) is 0 Å². The molecule has 3 aromatic rings. The van der Waals surface area contributed by atoms with Crippen LogP contribution in [0.1, 0.15) is 57.1 Å². The molecular weight excluding hydrogens is 452 g/mol. The van der Waals surface area contributed by atoms with Crippen molar-refractivity contribution in [3.05, 3.63) is 65.5 Å². The van der Waals surface area contributed by atoms with Crippen molar-refractivity contribution < 1.29 is 14.1 Å². The summed E-state index contributed by atoms with van der Waals surface area (Å²) in [7, 11) is 1.67. The van der Waals surface area contributed by atoms with Crippen molar-refractivity contribution in [1.29, 1.82) is 0 Å². The van der Waals surface area contributed by atoms with Crippen LogP contribution in [-0.2, 0) is 23.2 Å². The van der Waals surface area contributed by atoms with Gasteiger partial charge in [0.05, 0.1) is 19.6 Å². The maximum absolute atomic E-state index is 12.8. The monoisotopic (exact) mass is 490 g/mol. The summed E-state index contributed by atoms with van der Waals surface area (Å²) in [5.41, 5.74) is 3.57. The summed E-state index contributed by atoms with van der Waals surface area (Å²) in [6.45, 7) is 9.48. The number of hydrogen-bond acceptors (Lipinski definition) is 6. The molecule has 0 bridgehead atoms. The summed E-state index contributed by atoms with van der Waals surface area (Å²) in [6.07, 6.45) is 3.74. The molecule has 1 N–H and O–H groups in total. The Bertz CT molecular complexity index is 1120. The van der Waals surface area contributed by atoms with Gasteiger partial charge in [-0.1, -0.05) is 62.3 Å². The van der Waals surface area contributed by atoms with Gasteiger partial charge in [-0.25, -0.2) is 0 Å². The Labute approximate surface area is 214 Å². The number of aromatic nitrogens is 2. The first-order valence-electron chi connectivity index (χ1n) is 12.9. The largest absolute Gasteiger partial charge is 0.497 e. The fourth-order valence-corrected chi connectivity index (χ4v) is 4.60. The molecule has 1 aromatic heterocycles. The summed E-state index contributed by atoms with van der Waals surface area (Å²) in [6, 6.07) is 16.4. The Kier molecular flexibility index (Phi) is 8.41. The molecule has 2 heterocycles. The van der Waals surface area contributed by atoms with Crippen LogP contribution in [0.15, 0.2) is 53.1 Å². The number of methoxy groups -OCH3 is 1. The summed E-state index contributed by atoms with van der Waals surface area (Å²) in [5, 5.41) is 7.31. The van der Waals surface area contributed by atoms with E-state index in [1.807, 2.05) is 24.3 Å². The highest BCUT2D eigenvalue weighted by atomic mass is 16.5. The Morgan fingerprint density at radius 1 is 1.14 bits per heavy atom. The molecule has 0 radical (unpaired) electrons. The first-order valence-corrected chi connectivity index (χ1v) is 12.9. The van der Waals surface area contributed by atoms with Crippen molar-refractivity contribution in [3.8, 4) is 17.1 Å². The fraction of sp³-hybridized carbons (Fsp3) is 0.483. The van der Waals surface area contributed by atoms with E-state index in [0.717, 1.165) is 43.5 Å². The van der Waals surface area contributed by atoms with E-state index in [9.17, 15) is 4.79 Å². The van der Waals surface area contributed by atoms with Gasteiger partial charge in [0.2, 0.25) is 17.6 Å². The van der Waals surface area contributed by atoms with E-state index in [0.29, 0.717) is 31.3 Å². The summed E-state index contributed by atoms with van der Waals surface area (Å²) in [4.78, 5) is 19.6. The van der Waals surface area contributed by atoms with Crippen LogP contribution in [0.4, 0.5) is 0 Å². The molecule has 1 atom stereocenters. The van der Waals surface area contributed by atoms with Crippen molar-refractivity contribution in [1.82, 2.24) is 20.4 Å². The third-order valence-electron chi connectivity index (χ3n) is 6.81. The minimum absolute atomic E-state index is 0.00734. The van der Waals surface area contributed by atoms with E-state index >= 15 is 0 Å². The number of likely N-dealkylation sites (tertiary alicyclic amines) is 1. The molecule has 0 aliphatic carbocycles. The van der Waals surface area contributed by atoms with Crippen LogP contribution in [0.3, 0.4) is 0 Å². The molecule has 36 heavy (non-hydrogen) atoms. The number of nitrogens with zero attached hydrogens (tertiary/aromatic N) is 3. The number of aryl methyl sites for hydroxylation is 1. The number of carbonyl (C=O) groups excluding carboxylic acids is 1. The number of carbonyl (C=O) groups is 1. The zero-order valence-electron chi connectivity index (χ0n) is 21.9. The van der Waals surface area contributed by atoms with E-state index in [1.54, 1.807) is 7.11 Å². The van der Waals surface area contributed by atoms with E-state index < -0.39 is 0 Å². The molecule has 2 aromatic carbocycles. The maximum atomic E-state index is 12.8. The molecule has 1 unspecified atom stereocenters. The summed E-state index contributed by atoms with van der Waals surface area (Å²) < 4.78 is 10.7. The number of piperidine rings is 1. The Balaban J connectivity index is 1.23. The molecule has 1 saturated heterocycles. The highest BCUT2D eigenvalue weighted by Crippen LogP contribution is 2.25. The molecule has 4 rings (SSSR count). The maximum Gasteiger partial charge on any atom is 0.241 e. The lowest BCUT2D eigenvalue weighted by atomic mass is 9.87. The van der Waals surface area contributed by atoms with Gasteiger partial charge in [0.1, 0.15) is 5.75 Å². The highest BCUT2D eigenvalue weighted by molar-refractivity contribution is 5.78. The van der Waals surface area contributed by atoms with Gasteiger partial charge in [-0.05, 0) is 60.9 Å². The smallest absolute Gasteiger partial charge is 0.241 e. The molecule has 7 nitrogen and oxygen atoms in total. The molecule has 1 aliphatic heterocycles. The molecule has 7 heteroatoms. The lowest BCUT2D eigenvalue weighted by molar-refractivity contribution is -0.126. The molecule has 1 fully saturated rings. The van der Waals surface area contributed by atoms with Gasteiger partial charge in [-0.2, -0.15) is 4.98 Å². The summed E-state index contributed by atoms with van der Waals surface area (Å²) >= 11 is 0. The SMILES string of the molecule is COc1ccc(CCCNC(=O)C2CCCN(Cc3nc(-c4ccc(C(C)(C)C)cc4)no3)C2)cc1. The predicted octanol–water partition coefficient (Wildman–Crippen LogP) is 5.00. The van der Waals surface area contributed by atoms with Crippen LogP contribution in [0.2, 0.25) is 0 Å². The average molecular weight is 491 g/mol. The summed E-state index contributed by atoms with van der Waals surface area (Å²) in [5.74, 6) is 2.19. The second kappa shape index (κ2) is 11.7. The van der Waals surface area contributed by atoms with Crippen LogP contribution in [-0.4, -0.2) is 47.7 Å². The number of rotatable bonds is 9. The number of benzene rings is 2. The second-order valence-corrected chi connectivity index (χ2v) is 10.7. The Morgan fingerprint density at radius 2 is 1.89 bits per heavy atom. The van der Waals surface area contributed by atoms with Crippen molar-refractivity contribution in [2.75, 3.05) is 26.7 Å². The lowest BCUT2D eigenvalue weighted by Crippen LogP contribution is -2.43. The van der Waals surface area contributed by atoms with Gasteiger partial charge in [0, 0.05) is 18.7 Å². The fourth-order valence-electron chi connectivity index (χ4n) is 4.60. The van der Waals surface area contributed by atoms with Crippen LogP contribution >= 0.6 is 0 Å². The van der Waals surface area contributed by atoms with Crippen LogP contribution in [0.5, 0.6) is 5.75 Å².